The first-order valence-electron chi connectivity index (χ1n) is 11.2. The average Bonchev–Trinajstić information content (AvgIpc) is 3.36. The van der Waals surface area contributed by atoms with Crippen LogP contribution in [0.25, 0.3) is 22.2 Å². The number of methoxy groups -OCH3 is 2. The van der Waals surface area contributed by atoms with Gasteiger partial charge in [-0.05, 0) is 56.6 Å². The summed E-state index contributed by atoms with van der Waals surface area (Å²) < 4.78 is 17.2. The summed E-state index contributed by atoms with van der Waals surface area (Å²) in [5.74, 6) is 2.17. The van der Waals surface area contributed by atoms with Gasteiger partial charge < -0.3 is 24.1 Å². The van der Waals surface area contributed by atoms with Crippen LogP contribution in [0.1, 0.15) is 11.1 Å². The van der Waals surface area contributed by atoms with E-state index in [2.05, 4.69) is 27.4 Å². The molecule has 0 saturated heterocycles. The van der Waals surface area contributed by atoms with Gasteiger partial charge in [-0.15, -0.1) is 12.4 Å². The summed E-state index contributed by atoms with van der Waals surface area (Å²) in [6.07, 6.45) is 0. The molecule has 0 spiro atoms. The zero-order valence-corrected chi connectivity index (χ0v) is 21.0. The molecule has 0 radical (unpaired) electrons. The Morgan fingerprint density at radius 1 is 0.914 bits per heavy atom. The number of anilines is 1. The number of fused-ring (bicyclic) bond motifs is 5. The van der Waals surface area contributed by atoms with Gasteiger partial charge in [0.15, 0.2) is 11.5 Å². The fraction of sp³-hybridized carbons (Fsp3) is 0.222. The molecule has 182 valence electrons. The number of ether oxygens (including phenoxy) is 3. The second-order valence-corrected chi connectivity index (χ2v) is 8.43. The molecule has 2 N–H and O–H groups in total. The highest BCUT2D eigenvalue weighted by Crippen LogP contribution is 2.45. The summed E-state index contributed by atoms with van der Waals surface area (Å²) in [7, 11) is 7.36. The fourth-order valence-electron chi connectivity index (χ4n) is 4.22. The summed E-state index contributed by atoms with van der Waals surface area (Å²) in [6, 6.07) is 20.0. The van der Waals surface area contributed by atoms with Gasteiger partial charge in [0.1, 0.15) is 18.1 Å². The molecule has 1 heterocycles. The maximum Gasteiger partial charge on any atom is 0.161 e. The molecule has 8 heteroatoms. The highest BCUT2D eigenvalue weighted by molar-refractivity contribution is 6.30. The van der Waals surface area contributed by atoms with Crippen molar-refractivity contribution in [2.75, 3.05) is 46.9 Å². The van der Waals surface area contributed by atoms with Crippen molar-refractivity contribution in [2.45, 2.75) is 0 Å². The number of aromatic amines is 1. The Morgan fingerprint density at radius 3 is 2.31 bits per heavy atom. The molecule has 4 aromatic rings. The van der Waals surface area contributed by atoms with E-state index in [0.29, 0.717) is 18.1 Å². The minimum atomic E-state index is 0. The van der Waals surface area contributed by atoms with Crippen molar-refractivity contribution in [3.05, 3.63) is 71.8 Å². The van der Waals surface area contributed by atoms with Gasteiger partial charge in [-0.1, -0.05) is 18.2 Å². The number of H-pyrrole nitrogens is 1. The summed E-state index contributed by atoms with van der Waals surface area (Å²) in [6.45, 7) is 1.47. The molecule has 0 unspecified atom stereocenters. The molecule has 1 aromatic heterocycles. The van der Waals surface area contributed by atoms with Crippen LogP contribution in [0, 0.1) is 0 Å². The van der Waals surface area contributed by atoms with Crippen molar-refractivity contribution in [3.8, 4) is 28.5 Å². The quantitative estimate of drug-likeness (QED) is 0.284. The third-order valence-corrected chi connectivity index (χ3v) is 5.93. The van der Waals surface area contributed by atoms with E-state index in [-0.39, 0.29) is 12.4 Å². The van der Waals surface area contributed by atoms with Crippen LogP contribution in [0.4, 0.5) is 5.69 Å². The topological polar surface area (TPSA) is 71.1 Å². The van der Waals surface area contributed by atoms with Crippen molar-refractivity contribution in [1.29, 1.82) is 0 Å². The average molecular weight is 493 g/mol. The van der Waals surface area contributed by atoms with Crippen molar-refractivity contribution in [1.82, 2.24) is 9.88 Å². The molecule has 0 fully saturated rings. The molecule has 0 bridgehead atoms. The van der Waals surface area contributed by atoms with E-state index in [1.807, 2.05) is 62.6 Å². The first kappa shape index (κ1) is 24.4. The largest absolute Gasteiger partial charge is 0.493 e. The van der Waals surface area contributed by atoms with E-state index >= 15 is 0 Å². The van der Waals surface area contributed by atoms with Gasteiger partial charge in [0.2, 0.25) is 0 Å². The standard InChI is InChI=1S/C27H28N4O3.ClH/c1-31(2)12-13-34-18-10-11-22-21(14-18)25-26(28-22)19-15-23(32-3)24(33-4)16-20(19)27(25)30-29-17-8-6-5-7-9-17;/h5-11,14-16,28-29H,12-13H2,1-4H3;1H. The minimum Gasteiger partial charge on any atom is -0.493 e. The van der Waals surface area contributed by atoms with E-state index in [9.17, 15) is 0 Å². The van der Waals surface area contributed by atoms with Gasteiger partial charge in [-0.25, -0.2) is 0 Å². The summed E-state index contributed by atoms with van der Waals surface area (Å²) in [5.41, 5.74) is 10.0. The number of nitrogens with zero attached hydrogens (tertiary/aromatic N) is 2. The van der Waals surface area contributed by atoms with Crippen LogP contribution < -0.4 is 19.6 Å². The lowest BCUT2D eigenvalue weighted by atomic mass is 10.1. The Hall–Kier alpha value is -3.68. The molecule has 0 atom stereocenters. The van der Waals surface area contributed by atoms with Crippen molar-refractivity contribution < 1.29 is 14.2 Å². The third-order valence-electron chi connectivity index (χ3n) is 5.93. The van der Waals surface area contributed by atoms with Gasteiger partial charge in [-0.2, -0.15) is 5.10 Å². The number of aromatic nitrogens is 1. The number of benzene rings is 3. The van der Waals surface area contributed by atoms with Crippen LogP contribution in [0.2, 0.25) is 0 Å². The van der Waals surface area contributed by atoms with E-state index in [4.69, 9.17) is 19.3 Å². The number of hydrogen-bond donors (Lipinski definition) is 2. The van der Waals surface area contributed by atoms with Crippen LogP contribution in [0.5, 0.6) is 17.2 Å². The molecular formula is C27H29ClN4O3. The fourth-order valence-corrected chi connectivity index (χ4v) is 4.22. The van der Waals surface area contributed by atoms with Gasteiger partial charge >= 0.3 is 0 Å². The van der Waals surface area contributed by atoms with Crippen molar-refractivity contribution >= 4 is 34.7 Å². The lowest BCUT2D eigenvalue weighted by Crippen LogP contribution is -2.19. The Balaban J connectivity index is 0.00000289. The molecule has 35 heavy (non-hydrogen) atoms. The summed E-state index contributed by atoms with van der Waals surface area (Å²) in [4.78, 5) is 5.68. The normalized spacial score (nSPS) is 12.9. The highest BCUT2D eigenvalue weighted by Gasteiger charge is 2.31. The SMILES string of the molecule is COc1cc2c(cc1OC)-c1[nH]c3ccc(OCCN(C)C)cc3c1C2=NNc1ccccc1.Cl. The Morgan fingerprint density at radius 2 is 1.63 bits per heavy atom. The predicted molar refractivity (Wildman–Crippen MR) is 144 cm³/mol. The van der Waals surface area contributed by atoms with E-state index in [1.165, 1.54) is 0 Å². The molecule has 1 aliphatic carbocycles. The van der Waals surface area contributed by atoms with Gasteiger partial charge in [0, 0.05) is 34.1 Å². The summed E-state index contributed by atoms with van der Waals surface area (Å²) in [5, 5.41) is 5.90. The lowest BCUT2D eigenvalue weighted by molar-refractivity contribution is 0.261. The first-order chi connectivity index (χ1) is 16.6. The van der Waals surface area contributed by atoms with Gasteiger partial charge in [0.05, 0.1) is 25.6 Å². The number of hydrazone groups is 1. The zero-order chi connectivity index (χ0) is 23.7. The first-order valence-corrected chi connectivity index (χ1v) is 11.2. The van der Waals surface area contributed by atoms with E-state index in [0.717, 1.165) is 57.0 Å². The lowest BCUT2D eigenvalue weighted by Gasteiger charge is -2.12. The van der Waals surface area contributed by atoms with Crippen LogP contribution >= 0.6 is 12.4 Å². The number of rotatable bonds is 8. The zero-order valence-electron chi connectivity index (χ0n) is 20.2. The number of para-hydroxylation sites is 1. The Bertz CT molecular complexity index is 1370. The molecule has 0 amide bonds. The van der Waals surface area contributed by atoms with Gasteiger partial charge in [0.25, 0.3) is 0 Å². The Labute approximate surface area is 211 Å². The highest BCUT2D eigenvalue weighted by atomic mass is 35.5. The molecular weight excluding hydrogens is 464 g/mol. The number of hydrogen-bond acceptors (Lipinski definition) is 6. The smallest absolute Gasteiger partial charge is 0.161 e. The van der Waals surface area contributed by atoms with Crippen LogP contribution in [-0.2, 0) is 0 Å². The van der Waals surface area contributed by atoms with Crippen LogP contribution in [0.15, 0.2) is 65.8 Å². The predicted octanol–water partition coefficient (Wildman–Crippen LogP) is 5.39. The molecule has 7 nitrogen and oxygen atoms in total. The van der Waals surface area contributed by atoms with Crippen molar-refractivity contribution in [2.24, 2.45) is 5.10 Å². The van der Waals surface area contributed by atoms with Crippen LogP contribution in [-0.4, -0.2) is 57.1 Å². The Kier molecular flexibility index (Phi) is 7.19. The van der Waals surface area contributed by atoms with Crippen LogP contribution in [0.3, 0.4) is 0 Å². The molecule has 3 aromatic carbocycles. The summed E-state index contributed by atoms with van der Waals surface area (Å²) >= 11 is 0. The molecule has 0 saturated carbocycles. The number of nitrogens with one attached hydrogen (secondary N) is 2. The minimum absolute atomic E-state index is 0. The second-order valence-electron chi connectivity index (χ2n) is 8.43. The number of likely N-dealkylation sites (N-methyl/N-ethyl adjacent to an activating group) is 1. The van der Waals surface area contributed by atoms with Gasteiger partial charge in [-0.3, -0.25) is 5.43 Å². The third kappa shape index (κ3) is 4.65. The van der Waals surface area contributed by atoms with E-state index < -0.39 is 0 Å². The number of halogens is 1. The van der Waals surface area contributed by atoms with E-state index in [1.54, 1.807) is 14.2 Å². The molecule has 5 rings (SSSR count). The maximum absolute atomic E-state index is 6.02. The van der Waals surface area contributed by atoms with Crippen molar-refractivity contribution in [3.63, 3.8) is 0 Å². The molecule has 0 aliphatic heterocycles. The monoisotopic (exact) mass is 492 g/mol. The maximum atomic E-state index is 6.02. The second kappa shape index (κ2) is 10.3. The molecule has 1 aliphatic rings.